The Morgan fingerprint density at radius 1 is 0.780 bits per heavy atom. The number of hydrogen-bond acceptors (Lipinski definition) is 8. The quantitative estimate of drug-likeness (QED) is 0.324. The summed E-state index contributed by atoms with van der Waals surface area (Å²) in [7, 11) is 0. The van der Waals surface area contributed by atoms with Crippen LogP contribution in [0, 0.1) is 0 Å². The summed E-state index contributed by atoms with van der Waals surface area (Å²) < 4.78 is 11.1. The Balaban J connectivity index is 0.00000110. The highest BCUT2D eigenvalue weighted by molar-refractivity contribution is 6.24. The summed E-state index contributed by atoms with van der Waals surface area (Å²) in [6.07, 6.45) is 0.614. The van der Waals surface area contributed by atoms with Gasteiger partial charge in [0.1, 0.15) is 0 Å². The highest BCUT2D eigenvalue weighted by Gasteiger charge is 2.39. The molecular formula is C31H40N2O8. The number of hydrogen-bond donors (Lipinski definition) is 2. The highest BCUT2D eigenvalue weighted by atomic mass is 16.5. The number of fused-ring (bicyclic) bond motifs is 2. The summed E-state index contributed by atoms with van der Waals surface area (Å²) in [5.41, 5.74) is 0.968. The minimum atomic E-state index is -0.574. The number of imide groups is 2. The molecule has 0 spiro atoms. The normalized spacial score (nSPS) is 15.6. The Hall–Kier alpha value is -3.73. The third-order valence-corrected chi connectivity index (χ3v) is 6.11. The number of carbonyl (C=O) groups is 5. The first kappa shape index (κ1) is 33.5. The van der Waals surface area contributed by atoms with E-state index in [2.05, 4.69) is 19.2 Å². The number of aliphatic hydroxyl groups is 1. The SMILES string of the molecule is CC.CC(CO)OCC(C)OCC(C)N1C(=O)c2ccc(C(=O)c3ccc4c(c3)C(=O)NC4=O)cc2C1=O.CCC. The Morgan fingerprint density at radius 2 is 1.27 bits per heavy atom. The minimum Gasteiger partial charge on any atom is -0.394 e. The van der Waals surface area contributed by atoms with Crippen LogP contribution in [0.4, 0.5) is 0 Å². The van der Waals surface area contributed by atoms with E-state index in [1.54, 1.807) is 20.8 Å². The second-order valence-electron chi connectivity index (χ2n) is 9.64. The van der Waals surface area contributed by atoms with Crippen LogP contribution in [0.3, 0.4) is 0 Å². The average molecular weight is 569 g/mol. The van der Waals surface area contributed by atoms with Crippen LogP contribution >= 0.6 is 0 Å². The van der Waals surface area contributed by atoms with Crippen molar-refractivity contribution in [2.45, 2.75) is 73.1 Å². The number of amides is 4. The van der Waals surface area contributed by atoms with E-state index in [4.69, 9.17) is 14.6 Å². The molecule has 0 saturated heterocycles. The fraction of sp³-hybridized carbons (Fsp3) is 0.452. The fourth-order valence-corrected chi connectivity index (χ4v) is 4.06. The van der Waals surface area contributed by atoms with E-state index in [1.807, 2.05) is 13.8 Å². The largest absolute Gasteiger partial charge is 0.394 e. The predicted octanol–water partition coefficient (Wildman–Crippen LogP) is 4.03. The van der Waals surface area contributed by atoms with Crippen LogP contribution in [0.25, 0.3) is 0 Å². The standard InChI is InChI=1S/C26H26N2O8.C3H8.C2H6/c1-13(11-35-15(3)12-36-14(2)10-29)28-25(33)19-7-5-17(9-21(19)26(28)34)22(30)16-4-6-18-20(8-16)24(32)27-23(18)31;1-3-2;1-2/h4-9,13-15,29H,10-12H2,1-3H3,(H,27,31,32);3H2,1-2H3;1-2H3. The van der Waals surface area contributed by atoms with Crippen molar-refractivity contribution in [3.05, 3.63) is 69.8 Å². The zero-order chi connectivity index (χ0) is 30.9. The number of rotatable bonds is 10. The molecule has 4 amide bonds. The molecule has 41 heavy (non-hydrogen) atoms. The molecule has 4 rings (SSSR count). The fourth-order valence-electron chi connectivity index (χ4n) is 4.06. The highest BCUT2D eigenvalue weighted by Crippen LogP contribution is 2.27. The lowest BCUT2D eigenvalue weighted by Crippen LogP contribution is -2.41. The number of aliphatic hydroxyl groups excluding tert-OH is 1. The van der Waals surface area contributed by atoms with Crippen molar-refractivity contribution in [3.63, 3.8) is 0 Å². The van der Waals surface area contributed by atoms with Gasteiger partial charge in [-0.15, -0.1) is 0 Å². The third-order valence-electron chi connectivity index (χ3n) is 6.11. The Bertz CT molecular complexity index is 1290. The van der Waals surface area contributed by atoms with Crippen LogP contribution in [0.1, 0.15) is 112 Å². The zero-order valence-electron chi connectivity index (χ0n) is 24.8. The Labute approximate surface area is 241 Å². The predicted molar refractivity (Wildman–Crippen MR) is 153 cm³/mol. The van der Waals surface area contributed by atoms with E-state index >= 15 is 0 Å². The molecular weight excluding hydrogens is 528 g/mol. The molecule has 10 heteroatoms. The molecule has 0 aromatic heterocycles. The molecule has 0 bridgehead atoms. The Morgan fingerprint density at radius 3 is 1.85 bits per heavy atom. The van der Waals surface area contributed by atoms with Crippen LogP contribution in [0.15, 0.2) is 36.4 Å². The summed E-state index contributed by atoms with van der Waals surface area (Å²) in [5.74, 6) is -2.55. The van der Waals surface area contributed by atoms with Gasteiger partial charge in [0.05, 0.1) is 60.3 Å². The van der Waals surface area contributed by atoms with Gasteiger partial charge in [0.15, 0.2) is 5.78 Å². The van der Waals surface area contributed by atoms with Gasteiger partial charge < -0.3 is 14.6 Å². The lowest BCUT2D eigenvalue weighted by Gasteiger charge is -2.24. The van der Waals surface area contributed by atoms with Crippen molar-refractivity contribution in [3.8, 4) is 0 Å². The van der Waals surface area contributed by atoms with Gasteiger partial charge in [-0.25, -0.2) is 0 Å². The van der Waals surface area contributed by atoms with Gasteiger partial charge in [-0.1, -0.05) is 46.2 Å². The number of nitrogens with one attached hydrogen (secondary N) is 1. The molecule has 2 heterocycles. The molecule has 3 atom stereocenters. The molecule has 0 aliphatic carbocycles. The van der Waals surface area contributed by atoms with Crippen molar-refractivity contribution in [2.24, 2.45) is 0 Å². The molecule has 2 aromatic rings. The van der Waals surface area contributed by atoms with Crippen molar-refractivity contribution in [2.75, 3.05) is 19.8 Å². The van der Waals surface area contributed by atoms with Gasteiger partial charge in [0, 0.05) is 11.1 Å². The summed E-state index contributed by atoms with van der Waals surface area (Å²) in [6.45, 7) is 13.7. The van der Waals surface area contributed by atoms with Gasteiger partial charge in [-0.2, -0.15) is 0 Å². The van der Waals surface area contributed by atoms with E-state index < -0.39 is 35.5 Å². The smallest absolute Gasteiger partial charge is 0.261 e. The van der Waals surface area contributed by atoms with Crippen LogP contribution in [0.5, 0.6) is 0 Å². The summed E-state index contributed by atoms with van der Waals surface area (Å²) in [5, 5.41) is 11.2. The van der Waals surface area contributed by atoms with Gasteiger partial charge in [-0.05, 0) is 45.0 Å². The molecule has 0 fully saturated rings. The maximum Gasteiger partial charge on any atom is 0.261 e. The molecule has 2 aromatic carbocycles. The number of ketones is 1. The van der Waals surface area contributed by atoms with Crippen molar-refractivity contribution in [1.82, 2.24) is 10.2 Å². The van der Waals surface area contributed by atoms with E-state index in [0.717, 1.165) is 4.90 Å². The van der Waals surface area contributed by atoms with Crippen LogP contribution < -0.4 is 5.32 Å². The first-order valence-corrected chi connectivity index (χ1v) is 13.9. The van der Waals surface area contributed by atoms with Crippen LogP contribution in [-0.2, 0) is 9.47 Å². The van der Waals surface area contributed by atoms with E-state index in [9.17, 15) is 24.0 Å². The maximum atomic E-state index is 13.1. The van der Waals surface area contributed by atoms with Gasteiger partial charge in [-0.3, -0.25) is 34.2 Å². The second kappa shape index (κ2) is 15.3. The van der Waals surface area contributed by atoms with Crippen LogP contribution in [-0.4, -0.2) is 77.5 Å². The van der Waals surface area contributed by atoms with Gasteiger partial charge in [0.2, 0.25) is 0 Å². The Kier molecular flexibility index (Phi) is 12.5. The molecule has 10 nitrogen and oxygen atoms in total. The van der Waals surface area contributed by atoms with Crippen molar-refractivity contribution < 1.29 is 38.6 Å². The molecule has 0 saturated carbocycles. The summed E-state index contributed by atoms with van der Waals surface area (Å²) >= 11 is 0. The van der Waals surface area contributed by atoms with E-state index in [0.29, 0.717) is 0 Å². The molecule has 2 aliphatic heterocycles. The number of benzene rings is 2. The minimum absolute atomic E-state index is 0.0885. The molecule has 2 N–H and O–H groups in total. The first-order valence-electron chi connectivity index (χ1n) is 13.9. The summed E-state index contributed by atoms with van der Waals surface area (Å²) in [6, 6.07) is 7.89. The molecule has 2 aliphatic rings. The van der Waals surface area contributed by atoms with E-state index in [1.165, 1.54) is 42.8 Å². The molecule has 222 valence electrons. The third kappa shape index (κ3) is 7.72. The lowest BCUT2D eigenvalue weighted by atomic mass is 9.96. The van der Waals surface area contributed by atoms with Crippen molar-refractivity contribution in [1.29, 1.82) is 0 Å². The monoisotopic (exact) mass is 568 g/mol. The van der Waals surface area contributed by atoms with Crippen LogP contribution in [0.2, 0.25) is 0 Å². The first-order chi connectivity index (χ1) is 19.5. The van der Waals surface area contributed by atoms with Gasteiger partial charge >= 0.3 is 0 Å². The second-order valence-corrected chi connectivity index (χ2v) is 9.64. The molecule has 3 unspecified atom stereocenters. The topological polar surface area (TPSA) is 139 Å². The lowest BCUT2D eigenvalue weighted by molar-refractivity contribution is -0.0530. The molecule has 0 radical (unpaired) electrons. The zero-order valence-corrected chi connectivity index (χ0v) is 24.8. The maximum absolute atomic E-state index is 13.1. The number of nitrogens with zero attached hydrogens (tertiary/aromatic N) is 1. The van der Waals surface area contributed by atoms with Crippen molar-refractivity contribution >= 4 is 29.4 Å². The van der Waals surface area contributed by atoms with E-state index in [-0.39, 0.29) is 65.4 Å². The average Bonchev–Trinajstić information content (AvgIpc) is 3.41. The number of ether oxygens (including phenoxy) is 2. The summed E-state index contributed by atoms with van der Waals surface area (Å²) in [4.78, 5) is 63.9. The van der Waals surface area contributed by atoms with Gasteiger partial charge in [0.25, 0.3) is 23.6 Å². The number of carbonyl (C=O) groups excluding carboxylic acids is 5.